The second-order valence-corrected chi connectivity index (χ2v) is 5.35. The molecule has 0 amide bonds. The van der Waals surface area contributed by atoms with Gasteiger partial charge in [-0.2, -0.15) is 0 Å². The Balaban J connectivity index is 3.76. The van der Waals surface area contributed by atoms with Crippen molar-refractivity contribution >= 4 is 5.97 Å². The topological polar surface area (TPSA) is 38.3 Å². The molecule has 0 fully saturated rings. The predicted octanol–water partition coefficient (Wildman–Crippen LogP) is 2.07. The van der Waals surface area contributed by atoms with Crippen molar-refractivity contribution in [2.45, 2.75) is 34.6 Å². The third kappa shape index (κ3) is 5.78. The molecular weight excluding hydrogens is 190 g/mol. The third-order valence-electron chi connectivity index (χ3n) is 2.98. The zero-order valence-electron chi connectivity index (χ0n) is 10.9. The summed E-state index contributed by atoms with van der Waals surface area (Å²) in [6, 6.07) is 0. The van der Waals surface area contributed by atoms with Gasteiger partial charge in [-0.05, 0) is 17.9 Å². The van der Waals surface area contributed by atoms with E-state index in [1.807, 2.05) is 6.92 Å². The molecule has 3 heteroatoms. The molecule has 3 nitrogen and oxygen atoms in total. The molecule has 0 radical (unpaired) electrons. The van der Waals surface area contributed by atoms with Crippen LogP contribution in [-0.2, 0) is 9.53 Å². The summed E-state index contributed by atoms with van der Waals surface area (Å²) in [6.45, 7) is 12.4. The molecule has 90 valence electrons. The highest BCUT2D eigenvalue weighted by atomic mass is 16.5. The summed E-state index contributed by atoms with van der Waals surface area (Å²) in [4.78, 5) is 11.1. The summed E-state index contributed by atoms with van der Waals surface area (Å²) in [5.74, 6) is 0.371. The van der Waals surface area contributed by atoms with Crippen LogP contribution in [0.1, 0.15) is 34.6 Å². The Morgan fingerprint density at radius 1 is 1.27 bits per heavy atom. The van der Waals surface area contributed by atoms with Crippen LogP contribution in [0.25, 0.3) is 0 Å². The smallest absolute Gasteiger partial charge is 0.309 e. The lowest BCUT2D eigenvalue weighted by atomic mass is 9.82. The first-order valence-corrected chi connectivity index (χ1v) is 5.57. The SMILES string of the molecule is COC(=O)C(C)CNCC(C)C(C)(C)C. The summed E-state index contributed by atoms with van der Waals surface area (Å²) in [5.41, 5.74) is 0.307. The van der Waals surface area contributed by atoms with Gasteiger partial charge in [0.05, 0.1) is 13.0 Å². The van der Waals surface area contributed by atoms with Gasteiger partial charge in [-0.25, -0.2) is 0 Å². The van der Waals surface area contributed by atoms with Gasteiger partial charge in [0.2, 0.25) is 0 Å². The number of methoxy groups -OCH3 is 1. The molecule has 0 rings (SSSR count). The van der Waals surface area contributed by atoms with E-state index in [1.54, 1.807) is 0 Å². The minimum Gasteiger partial charge on any atom is -0.469 e. The number of hydrogen-bond donors (Lipinski definition) is 1. The molecule has 2 unspecified atom stereocenters. The molecule has 0 aliphatic rings. The van der Waals surface area contributed by atoms with Crippen molar-refractivity contribution in [1.29, 1.82) is 0 Å². The molecule has 0 heterocycles. The number of ether oxygens (including phenoxy) is 1. The van der Waals surface area contributed by atoms with E-state index < -0.39 is 0 Å². The van der Waals surface area contributed by atoms with Crippen molar-refractivity contribution in [2.24, 2.45) is 17.3 Å². The third-order valence-corrected chi connectivity index (χ3v) is 2.98. The van der Waals surface area contributed by atoms with Gasteiger partial charge in [-0.1, -0.05) is 34.6 Å². The first-order valence-electron chi connectivity index (χ1n) is 5.57. The zero-order valence-corrected chi connectivity index (χ0v) is 10.9. The number of hydrogen-bond acceptors (Lipinski definition) is 3. The highest BCUT2D eigenvalue weighted by Gasteiger charge is 2.20. The van der Waals surface area contributed by atoms with Crippen LogP contribution in [0, 0.1) is 17.3 Å². The first kappa shape index (κ1) is 14.4. The van der Waals surface area contributed by atoms with E-state index >= 15 is 0 Å². The second-order valence-electron chi connectivity index (χ2n) is 5.35. The Hall–Kier alpha value is -0.570. The molecule has 15 heavy (non-hydrogen) atoms. The average Bonchev–Trinajstić information content (AvgIpc) is 2.14. The molecule has 0 aliphatic carbocycles. The van der Waals surface area contributed by atoms with Gasteiger partial charge in [0, 0.05) is 6.54 Å². The van der Waals surface area contributed by atoms with E-state index in [-0.39, 0.29) is 11.9 Å². The average molecular weight is 215 g/mol. The number of carbonyl (C=O) groups excluding carboxylic acids is 1. The molecule has 0 aromatic heterocycles. The first-order chi connectivity index (χ1) is 6.79. The second kappa shape index (κ2) is 6.11. The number of nitrogens with one attached hydrogen (secondary N) is 1. The van der Waals surface area contributed by atoms with Gasteiger partial charge in [-0.3, -0.25) is 4.79 Å². The van der Waals surface area contributed by atoms with E-state index in [9.17, 15) is 4.79 Å². The molecular formula is C12H25NO2. The van der Waals surface area contributed by atoms with Gasteiger partial charge in [0.25, 0.3) is 0 Å². The predicted molar refractivity (Wildman–Crippen MR) is 62.7 cm³/mol. The monoisotopic (exact) mass is 215 g/mol. The van der Waals surface area contributed by atoms with Crippen molar-refractivity contribution in [3.63, 3.8) is 0 Å². The Morgan fingerprint density at radius 3 is 2.20 bits per heavy atom. The molecule has 0 saturated carbocycles. The highest BCUT2D eigenvalue weighted by Crippen LogP contribution is 2.24. The van der Waals surface area contributed by atoms with Crippen LogP contribution >= 0.6 is 0 Å². The van der Waals surface area contributed by atoms with Gasteiger partial charge in [0.15, 0.2) is 0 Å². The number of rotatable bonds is 5. The minimum atomic E-state index is -0.147. The fourth-order valence-electron chi connectivity index (χ4n) is 1.11. The lowest BCUT2D eigenvalue weighted by Gasteiger charge is -2.27. The highest BCUT2D eigenvalue weighted by molar-refractivity contribution is 5.71. The van der Waals surface area contributed by atoms with Crippen molar-refractivity contribution < 1.29 is 9.53 Å². The Bertz CT molecular complexity index is 196. The molecule has 0 aromatic carbocycles. The van der Waals surface area contributed by atoms with Crippen LogP contribution in [-0.4, -0.2) is 26.2 Å². The fourth-order valence-corrected chi connectivity index (χ4v) is 1.11. The van der Waals surface area contributed by atoms with Crippen LogP contribution in [0.15, 0.2) is 0 Å². The van der Waals surface area contributed by atoms with E-state index in [1.165, 1.54) is 7.11 Å². The largest absolute Gasteiger partial charge is 0.469 e. The van der Waals surface area contributed by atoms with E-state index in [4.69, 9.17) is 0 Å². The quantitative estimate of drug-likeness (QED) is 0.713. The van der Waals surface area contributed by atoms with Crippen LogP contribution in [0.4, 0.5) is 0 Å². The van der Waals surface area contributed by atoms with Crippen LogP contribution in [0.3, 0.4) is 0 Å². The molecule has 0 aromatic rings. The van der Waals surface area contributed by atoms with Crippen molar-refractivity contribution in [3.8, 4) is 0 Å². The number of carbonyl (C=O) groups is 1. The summed E-state index contributed by atoms with van der Waals surface area (Å²) in [7, 11) is 1.43. The van der Waals surface area contributed by atoms with E-state index in [2.05, 4.69) is 37.7 Å². The Kier molecular flexibility index (Phi) is 5.88. The molecule has 2 atom stereocenters. The van der Waals surface area contributed by atoms with Crippen molar-refractivity contribution in [3.05, 3.63) is 0 Å². The minimum absolute atomic E-state index is 0.0674. The van der Waals surface area contributed by atoms with Crippen LogP contribution in [0.2, 0.25) is 0 Å². The number of esters is 1. The molecule has 0 spiro atoms. The summed E-state index contributed by atoms with van der Waals surface area (Å²) in [6.07, 6.45) is 0. The zero-order chi connectivity index (χ0) is 12.1. The lowest BCUT2D eigenvalue weighted by Crippen LogP contribution is -2.34. The molecule has 0 aliphatic heterocycles. The molecule has 0 bridgehead atoms. The maximum atomic E-state index is 11.1. The summed E-state index contributed by atoms with van der Waals surface area (Å²) < 4.78 is 4.66. The Labute approximate surface area is 93.6 Å². The normalized spacial score (nSPS) is 15.9. The van der Waals surface area contributed by atoms with Crippen molar-refractivity contribution in [2.75, 3.05) is 20.2 Å². The summed E-state index contributed by atoms with van der Waals surface area (Å²) >= 11 is 0. The maximum absolute atomic E-state index is 11.1. The van der Waals surface area contributed by atoms with Gasteiger partial charge < -0.3 is 10.1 Å². The molecule has 1 N–H and O–H groups in total. The van der Waals surface area contributed by atoms with Gasteiger partial charge in [-0.15, -0.1) is 0 Å². The van der Waals surface area contributed by atoms with Gasteiger partial charge >= 0.3 is 5.97 Å². The standard InChI is InChI=1S/C12H25NO2/c1-9(11(14)15-6)7-13-8-10(2)12(3,4)5/h9-10,13H,7-8H2,1-6H3. The Morgan fingerprint density at radius 2 is 1.80 bits per heavy atom. The summed E-state index contributed by atoms with van der Waals surface area (Å²) in [5, 5.41) is 3.31. The van der Waals surface area contributed by atoms with E-state index in [0.29, 0.717) is 17.9 Å². The van der Waals surface area contributed by atoms with Crippen LogP contribution in [0.5, 0.6) is 0 Å². The van der Waals surface area contributed by atoms with Crippen LogP contribution < -0.4 is 5.32 Å². The van der Waals surface area contributed by atoms with Gasteiger partial charge in [0.1, 0.15) is 0 Å². The lowest BCUT2D eigenvalue weighted by molar-refractivity contribution is -0.144. The van der Waals surface area contributed by atoms with Crippen molar-refractivity contribution in [1.82, 2.24) is 5.32 Å². The fraction of sp³-hybridized carbons (Fsp3) is 0.917. The molecule has 0 saturated heterocycles. The van der Waals surface area contributed by atoms with E-state index in [0.717, 1.165) is 6.54 Å². The maximum Gasteiger partial charge on any atom is 0.309 e.